The minimum absolute atomic E-state index is 0.0656. The van der Waals surface area contributed by atoms with Crippen molar-refractivity contribution < 1.29 is 19.8 Å². The van der Waals surface area contributed by atoms with Crippen LogP contribution in [0.3, 0.4) is 0 Å². The van der Waals surface area contributed by atoms with Gasteiger partial charge >= 0.3 is 5.97 Å². The molecule has 1 amide bonds. The molecular weight excluding hydrogens is 358 g/mol. The van der Waals surface area contributed by atoms with Gasteiger partial charge in [-0.25, -0.2) is 14.8 Å². The molecule has 7 heteroatoms. The van der Waals surface area contributed by atoms with Gasteiger partial charge < -0.3 is 15.5 Å². The second kappa shape index (κ2) is 7.06. The van der Waals surface area contributed by atoms with Gasteiger partial charge in [-0.2, -0.15) is 0 Å². The van der Waals surface area contributed by atoms with E-state index in [0.29, 0.717) is 36.3 Å². The predicted molar refractivity (Wildman–Crippen MR) is 100 cm³/mol. The molecule has 1 atom stereocenters. The highest BCUT2D eigenvalue weighted by atomic mass is 16.4. The Labute approximate surface area is 161 Å². The van der Waals surface area contributed by atoms with E-state index in [1.54, 1.807) is 24.3 Å². The molecule has 142 valence electrons. The molecule has 2 heterocycles. The Hall–Kier alpha value is -3.24. The Morgan fingerprint density at radius 1 is 1.29 bits per heavy atom. The van der Waals surface area contributed by atoms with Crippen LogP contribution in [0.4, 0.5) is 0 Å². The number of nitrogens with one attached hydrogen (secondary N) is 1. The maximum Gasteiger partial charge on any atom is 0.354 e. The summed E-state index contributed by atoms with van der Waals surface area (Å²) in [5, 5.41) is 21.8. The smallest absolute Gasteiger partial charge is 0.354 e. The number of nitrogens with zero attached hydrogens (tertiary/aromatic N) is 2. The monoisotopic (exact) mass is 377 g/mol. The van der Waals surface area contributed by atoms with Crippen molar-refractivity contribution in [3.8, 4) is 23.2 Å². The second-order valence-corrected chi connectivity index (χ2v) is 7.06. The van der Waals surface area contributed by atoms with Crippen molar-refractivity contribution in [1.82, 2.24) is 15.3 Å². The van der Waals surface area contributed by atoms with Gasteiger partial charge in [-0.3, -0.25) is 4.79 Å². The lowest BCUT2D eigenvalue weighted by atomic mass is 9.88. The van der Waals surface area contributed by atoms with Gasteiger partial charge in [0, 0.05) is 28.9 Å². The molecule has 1 aliphatic carbocycles. The Kier molecular flexibility index (Phi) is 4.57. The van der Waals surface area contributed by atoms with Gasteiger partial charge in [0.2, 0.25) is 5.91 Å². The van der Waals surface area contributed by atoms with Crippen LogP contribution in [0.1, 0.15) is 40.2 Å². The van der Waals surface area contributed by atoms with Crippen molar-refractivity contribution in [2.24, 2.45) is 5.41 Å². The maximum absolute atomic E-state index is 12.0. The highest BCUT2D eigenvalue weighted by Gasteiger charge is 2.40. The van der Waals surface area contributed by atoms with E-state index in [4.69, 9.17) is 0 Å². The quantitative estimate of drug-likeness (QED) is 0.693. The molecule has 0 bridgehead atoms. The third kappa shape index (κ3) is 3.12. The summed E-state index contributed by atoms with van der Waals surface area (Å²) < 4.78 is 0. The number of aryl methyl sites for hydroxylation is 1. The van der Waals surface area contributed by atoms with E-state index in [0.717, 1.165) is 24.1 Å². The molecule has 2 aromatic rings. The fourth-order valence-electron chi connectivity index (χ4n) is 3.65. The molecule has 1 aromatic heterocycles. The van der Waals surface area contributed by atoms with E-state index >= 15 is 0 Å². The summed E-state index contributed by atoms with van der Waals surface area (Å²) in [5.74, 6) is 4.93. The summed E-state index contributed by atoms with van der Waals surface area (Å²) in [4.78, 5) is 32.4. The lowest BCUT2D eigenvalue weighted by molar-refractivity contribution is -0.126. The van der Waals surface area contributed by atoms with Crippen molar-refractivity contribution in [1.29, 1.82) is 0 Å². The number of benzene rings is 1. The van der Waals surface area contributed by atoms with Crippen LogP contribution < -0.4 is 5.32 Å². The number of aromatic carboxylic acids is 1. The number of aliphatic hydroxyl groups excluding tert-OH is 1. The number of hydrogen-bond acceptors (Lipinski definition) is 5. The highest BCUT2D eigenvalue weighted by molar-refractivity contribution is 5.89. The first-order valence-corrected chi connectivity index (χ1v) is 9.18. The SMILES string of the molecule is O=C(O)c1nc(-c2cccc(C#C[C@@]3(CO)CCNC3=O)c2)nc2c1CCC2. The van der Waals surface area contributed by atoms with Crippen LogP contribution in [0.2, 0.25) is 0 Å². The largest absolute Gasteiger partial charge is 0.476 e. The molecule has 1 saturated heterocycles. The summed E-state index contributed by atoms with van der Waals surface area (Å²) in [7, 11) is 0. The van der Waals surface area contributed by atoms with Gasteiger partial charge in [0.15, 0.2) is 11.5 Å². The Balaban J connectivity index is 1.71. The van der Waals surface area contributed by atoms with E-state index in [-0.39, 0.29) is 18.2 Å². The van der Waals surface area contributed by atoms with E-state index < -0.39 is 11.4 Å². The molecule has 0 saturated carbocycles. The van der Waals surface area contributed by atoms with Crippen molar-refractivity contribution in [2.75, 3.05) is 13.2 Å². The number of fused-ring (bicyclic) bond motifs is 1. The van der Waals surface area contributed by atoms with Crippen LogP contribution >= 0.6 is 0 Å². The normalized spacial score (nSPS) is 20.2. The maximum atomic E-state index is 12.0. The number of carbonyl (C=O) groups is 2. The van der Waals surface area contributed by atoms with Crippen LogP contribution in [0.5, 0.6) is 0 Å². The number of carbonyl (C=O) groups excluding carboxylic acids is 1. The summed E-state index contributed by atoms with van der Waals surface area (Å²) in [6.45, 7) is 0.163. The average Bonchev–Trinajstić information content (AvgIpc) is 3.32. The molecule has 2 aliphatic rings. The Bertz CT molecular complexity index is 1040. The zero-order valence-electron chi connectivity index (χ0n) is 15.2. The summed E-state index contributed by atoms with van der Waals surface area (Å²) in [6, 6.07) is 7.15. The number of rotatable bonds is 3. The van der Waals surface area contributed by atoms with Gasteiger partial charge in [0.05, 0.1) is 6.61 Å². The van der Waals surface area contributed by atoms with Gasteiger partial charge in [0.25, 0.3) is 0 Å². The first kappa shape index (κ1) is 18.1. The van der Waals surface area contributed by atoms with Gasteiger partial charge in [-0.15, -0.1) is 0 Å². The topological polar surface area (TPSA) is 112 Å². The molecule has 1 fully saturated rings. The number of amides is 1. The second-order valence-electron chi connectivity index (χ2n) is 7.06. The summed E-state index contributed by atoms with van der Waals surface area (Å²) in [5.41, 5.74) is 1.82. The molecule has 0 radical (unpaired) electrons. The van der Waals surface area contributed by atoms with E-state index in [1.807, 2.05) is 0 Å². The third-order valence-corrected chi connectivity index (χ3v) is 5.24. The van der Waals surface area contributed by atoms with E-state index in [2.05, 4.69) is 27.1 Å². The van der Waals surface area contributed by atoms with Gasteiger partial charge in [0.1, 0.15) is 5.41 Å². The number of carboxylic acid groups (broad SMARTS) is 1. The fraction of sp³-hybridized carbons (Fsp3) is 0.333. The summed E-state index contributed by atoms with van der Waals surface area (Å²) in [6.07, 6.45) is 2.78. The molecule has 3 N–H and O–H groups in total. The molecular formula is C21H19N3O4. The van der Waals surface area contributed by atoms with Crippen LogP contribution in [0.25, 0.3) is 11.4 Å². The lowest BCUT2D eigenvalue weighted by Gasteiger charge is -2.15. The van der Waals surface area contributed by atoms with E-state index in [1.165, 1.54) is 0 Å². The predicted octanol–water partition coefficient (Wildman–Crippen LogP) is 1.18. The minimum Gasteiger partial charge on any atom is -0.476 e. The van der Waals surface area contributed by atoms with Crippen molar-refractivity contribution in [2.45, 2.75) is 25.7 Å². The van der Waals surface area contributed by atoms with Crippen LogP contribution in [-0.4, -0.2) is 45.2 Å². The van der Waals surface area contributed by atoms with Crippen molar-refractivity contribution in [3.63, 3.8) is 0 Å². The molecule has 4 rings (SSSR count). The Morgan fingerprint density at radius 3 is 2.86 bits per heavy atom. The van der Waals surface area contributed by atoms with Crippen LogP contribution in [-0.2, 0) is 17.6 Å². The van der Waals surface area contributed by atoms with Crippen molar-refractivity contribution >= 4 is 11.9 Å². The molecule has 28 heavy (non-hydrogen) atoms. The standard InChI is InChI=1S/C21H19N3O4/c25-12-21(9-10-22-20(21)28)8-7-13-3-1-4-14(11-13)18-23-16-6-2-5-15(16)17(24-18)19(26)27/h1,3-4,11,25H,2,5-6,9-10,12H2,(H,22,28)(H,26,27)/t21-/m0/s1. The first-order valence-electron chi connectivity index (χ1n) is 9.18. The molecule has 1 aliphatic heterocycles. The fourth-order valence-corrected chi connectivity index (χ4v) is 3.65. The number of aliphatic hydroxyl groups is 1. The molecule has 0 spiro atoms. The summed E-state index contributed by atoms with van der Waals surface area (Å²) >= 11 is 0. The van der Waals surface area contributed by atoms with Crippen LogP contribution in [0.15, 0.2) is 24.3 Å². The zero-order chi connectivity index (χ0) is 19.7. The molecule has 7 nitrogen and oxygen atoms in total. The van der Waals surface area contributed by atoms with Crippen molar-refractivity contribution in [3.05, 3.63) is 46.8 Å². The third-order valence-electron chi connectivity index (χ3n) is 5.24. The number of aromatic nitrogens is 2. The van der Waals surface area contributed by atoms with Crippen LogP contribution in [0, 0.1) is 17.3 Å². The lowest BCUT2D eigenvalue weighted by Crippen LogP contribution is -2.33. The highest BCUT2D eigenvalue weighted by Crippen LogP contribution is 2.27. The average molecular weight is 377 g/mol. The van der Waals surface area contributed by atoms with Gasteiger partial charge in [-0.05, 0) is 37.8 Å². The number of carboxylic acids is 1. The Morgan fingerprint density at radius 2 is 2.14 bits per heavy atom. The zero-order valence-corrected chi connectivity index (χ0v) is 15.2. The molecule has 0 unspecified atom stereocenters. The first-order chi connectivity index (χ1) is 13.5. The number of hydrogen-bond donors (Lipinski definition) is 3. The van der Waals surface area contributed by atoms with Gasteiger partial charge in [-0.1, -0.05) is 24.0 Å². The minimum atomic E-state index is -1.07. The van der Waals surface area contributed by atoms with E-state index in [9.17, 15) is 19.8 Å². The molecule has 1 aromatic carbocycles.